The van der Waals surface area contributed by atoms with Crippen molar-refractivity contribution in [2.45, 2.75) is 41.4 Å². The molecule has 1 atom stereocenters. The minimum Gasteiger partial charge on any atom is -0.342 e. The number of H-pyrrole nitrogens is 1. The minimum atomic E-state index is -4.55. The molecule has 8 nitrogen and oxygen atoms in total. The smallest absolute Gasteiger partial charge is 0.342 e. The third-order valence-corrected chi connectivity index (χ3v) is 8.43. The Kier molecular flexibility index (Phi) is 5.04. The molecule has 0 saturated carbocycles. The number of aromatic amines is 1. The number of aromatic nitrogens is 6. The van der Waals surface area contributed by atoms with Gasteiger partial charge in [0.25, 0.3) is 0 Å². The van der Waals surface area contributed by atoms with Gasteiger partial charge in [0.2, 0.25) is 5.95 Å². The van der Waals surface area contributed by atoms with Crippen LogP contribution in [0.5, 0.6) is 0 Å². The Hall–Kier alpha value is -2.77. The molecule has 0 bridgehead atoms. The van der Waals surface area contributed by atoms with Crippen LogP contribution in [0.2, 0.25) is 0 Å². The lowest BCUT2D eigenvalue weighted by atomic mass is 9.74. The summed E-state index contributed by atoms with van der Waals surface area (Å²) in [5, 5.41) is 0.317. The maximum atomic E-state index is 13.3. The largest absolute Gasteiger partial charge is 0.434 e. The van der Waals surface area contributed by atoms with Crippen LogP contribution in [-0.2, 0) is 12.6 Å². The summed E-state index contributed by atoms with van der Waals surface area (Å²) in [5.74, 6) is 0.656. The van der Waals surface area contributed by atoms with Gasteiger partial charge in [0.05, 0.1) is 23.4 Å². The van der Waals surface area contributed by atoms with Crippen LogP contribution < -0.4 is 10.6 Å². The number of pyridine rings is 1. The van der Waals surface area contributed by atoms with Crippen LogP contribution in [0.4, 0.5) is 19.1 Å². The Bertz CT molecular complexity index is 1360. The molecule has 4 aromatic rings. The topological polar surface area (TPSA) is 110 Å². The summed E-state index contributed by atoms with van der Waals surface area (Å²) in [5.41, 5.74) is 9.43. The lowest BCUT2D eigenvalue weighted by Gasteiger charge is -2.41. The van der Waals surface area contributed by atoms with E-state index in [1.54, 1.807) is 11.3 Å². The monoisotopic (exact) mass is 504 g/mol. The van der Waals surface area contributed by atoms with Crippen LogP contribution in [0.25, 0.3) is 11.3 Å². The van der Waals surface area contributed by atoms with Crippen molar-refractivity contribution in [2.75, 3.05) is 18.0 Å². The quantitative estimate of drug-likeness (QED) is 0.427. The summed E-state index contributed by atoms with van der Waals surface area (Å²) in [6.45, 7) is 1.57. The third-order valence-electron chi connectivity index (χ3n) is 6.63. The first kappa shape index (κ1) is 21.7. The van der Waals surface area contributed by atoms with E-state index in [-0.39, 0.29) is 16.4 Å². The zero-order valence-electron chi connectivity index (χ0n) is 17.7. The van der Waals surface area contributed by atoms with E-state index in [0.29, 0.717) is 22.3 Å². The SMILES string of the molecule is N[C@@H]1c2ncsc2CC12CCN(c1nc3nc(Sc4cccnc4C(F)(F)F)cnc3[nH]1)CC2. The zero-order chi connectivity index (χ0) is 23.5. The Balaban J connectivity index is 1.20. The Morgan fingerprint density at radius 3 is 2.76 bits per heavy atom. The van der Waals surface area contributed by atoms with Gasteiger partial charge >= 0.3 is 6.18 Å². The maximum Gasteiger partial charge on any atom is 0.434 e. The van der Waals surface area contributed by atoms with Crippen LogP contribution in [0.3, 0.4) is 0 Å². The third kappa shape index (κ3) is 3.62. The van der Waals surface area contributed by atoms with E-state index in [9.17, 15) is 13.2 Å². The number of anilines is 1. The summed E-state index contributed by atoms with van der Waals surface area (Å²) in [4.78, 5) is 27.9. The molecule has 176 valence electrons. The number of halogens is 3. The van der Waals surface area contributed by atoms with Gasteiger partial charge in [-0.3, -0.25) is 4.98 Å². The fourth-order valence-corrected chi connectivity index (χ4v) is 6.64. The van der Waals surface area contributed by atoms with Crippen LogP contribution in [0.15, 0.2) is 40.0 Å². The van der Waals surface area contributed by atoms with E-state index < -0.39 is 11.9 Å². The molecule has 0 radical (unpaired) electrons. The molecule has 1 fully saturated rings. The number of nitrogens with zero attached hydrogens (tertiary/aromatic N) is 6. The molecule has 1 aliphatic heterocycles. The molecule has 0 unspecified atom stereocenters. The number of thiazole rings is 1. The number of piperidine rings is 1. The van der Waals surface area contributed by atoms with Crippen molar-refractivity contribution in [1.82, 2.24) is 29.9 Å². The summed E-state index contributed by atoms with van der Waals surface area (Å²) >= 11 is 2.55. The van der Waals surface area contributed by atoms with Crippen LogP contribution in [-0.4, -0.2) is 43.0 Å². The fraction of sp³-hybridized carbons (Fsp3) is 0.381. The standard InChI is InChI=1S/C21H19F3N8S2/c22-21(23,24)16-11(2-1-5-26-16)34-13-9-27-17-18(29-13)31-19(30-17)32-6-3-20(4-7-32)8-12-14(15(20)25)28-10-33-12/h1-2,5,9-10,15H,3-4,6-8,25H2,(H,27,29,30,31)/t15-/m1/s1. The first-order valence-electron chi connectivity index (χ1n) is 10.7. The normalized spacial score (nSPS) is 19.8. The Morgan fingerprint density at radius 2 is 2.00 bits per heavy atom. The number of nitrogens with two attached hydrogens (primary N) is 1. The van der Waals surface area contributed by atoms with Gasteiger partial charge < -0.3 is 15.6 Å². The summed E-state index contributed by atoms with van der Waals surface area (Å²) in [7, 11) is 0. The van der Waals surface area contributed by atoms with Gasteiger partial charge in [-0.15, -0.1) is 11.3 Å². The van der Waals surface area contributed by atoms with Crippen molar-refractivity contribution in [3.8, 4) is 0 Å². The van der Waals surface area contributed by atoms with Crippen LogP contribution in [0, 0.1) is 5.41 Å². The number of imidazole rings is 1. The molecular formula is C21H19F3N8S2. The molecule has 1 aliphatic carbocycles. The van der Waals surface area contributed by atoms with Crippen LogP contribution in [0.1, 0.15) is 35.1 Å². The predicted octanol–water partition coefficient (Wildman–Crippen LogP) is 4.22. The number of fused-ring (bicyclic) bond motifs is 2. The molecule has 1 saturated heterocycles. The Morgan fingerprint density at radius 1 is 1.18 bits per heavy atom. The molecule has 34 heavy (non-hydrogen) atoms. The van der Waals surface area contributed by atoms with Gasteiger partial charge in [-0.2, -0.15) is 18.2 Å². The van der Waals surface area contributed by atoms with E-state index in [0.717, 1.165) is 56.0 Å². The molecular weight excluding hydrogens is 485 g/mol. The first-order chi connectivity index (χ1) is 16.3. The van der Waals surface area contributed by atoms with Crippen molar-refractivity contribution in [1.29, 1.82) is 0 Å². The highest BCUT2D eigenvalue weighted by molar-refractivity contribution is 7.99. The maximum absolute atomic E-state index is 13.3. The summed E-state index contributed by atoms with van der Waals surface area (Å²) in [6, 6.07) is 2.79. The van der Waals surface area contributed by atoms with Gasteiger partial charge in [0.1, 0.15) is 5.03 Å². The lowest BCUT2D eigenvalue weighted by molar-refractivity contribution is -0.143. The zero-order valence-corrected chi connectivity index (χ0v) is 19.3. The summed E-state index contributed by atoms with van der Waals surface area (Å²) < 4.78 is 39.8. The Labute approximate surface area is 200 Å². The first-order valence-corrected chi connectivity index (χ1v) is 12.4. The average molecular weight is 505 g/mol. The molecule has 3 N–H and O–H groups in total. The summed E-state index contributed by atoms with van der Waals surface area (Å²) in [6.07, 6.45) is 0.846. The van der Waals surface area contributed by atoms with Crippen molar-refractivity contribution in [2.24, 2.45) is 11.1 Å². The van der Waals surface area contributed by atoms with E-state index in [2.05, 4.69) is 34.8 Å². The molecule has 5 heterocycles. The van der Waals surface area contributed by atoms with E-state index >= 15 is 0 Å². The number of alkyl halides is 3. The van der Waals surface area contributed by atoms with Crippen LogP contribution >= 0.6 is 23.1 Å². The molecule has 4 aromatic heterocycles. The molecule has 13 heteroatoms. The second-order valence-corrected chi connectivity index (χ2v) is 10.6. The average Bonchev–Trinajstić information content (AvgIpc) is 3.50. The van der Waals surface area contributed by atoms with Gasteiger partial charge in [-0.1, -0.05) is 11.8 Å². The van der Waals surface area contributed by atoms with Gasteiger partial charge in [-0.25, -0.2) is 15.0 Å². The molecule has 0 amide bonds. The molecule has 6 rings (SSSR count). The van der Waals surface area contributed by atoms with Gasteiger partial charge in [-0.05, 0) is 36.8 Å². The fourth-order valence-electron chi connectivity index (χ4n) is 4.80. The molecule has 2 aliphatic rings. The van der Waals surface area contributed by atoms with Crippen molar-refractivity contribution in [3.63, 3.8) is 0 Å². The van der Waals surface area contributed by atoms with E-state index in [1.807, 2.05) is 5.51 Å². The highest BCUT2D eigenvalue weighted by Crippen LogP contribution is 2.51. The van der Waals surface area contributed by atoms with Crippen molar-refractivity contribution >= 4 is 40.3 Å². The second kappa shape index (κ2) is 7.89. The van der Waals surface area contributed by atoms with Gasteiger partial charge in [0.15, 0.2) is 17.0 Å². The highest BCUT2D eigenvalue weighted by Gasteiger charge is 2.47. The van der Waals surface area contributed by atoms with E-state index in [1.165, 1.54) is 23.2 Å². The highest BCUT2D eigenvalue weighted by atomic mass is 32.2. The second-order valence-electron chi connectivity index (χ2n) is 8.56. The molecule has 0 aromatic carbocycles. The minimum absolute atomic E-state index is 0.0309. The number of nitrogens with one attached hydrogen (secondary N) is 1. The van der Waals surface area contributed by atoms with Crippen molar-refractivity contribution < 1.29 is 13.2 Å². The predicted molar refractivity (Wildman–Crippen MR) is 122 cm³/mol. The number of rotatable bonds is 3. The molecule has 1 spiro atoms. The van der Waals surface area contributed by atoms with E-state index in [4.69, 9.17) is 5.73 Å². The number of hydrogen-bond donors (Lipinski definition) is 2. The lowest BCUT2D eigenvalue weighted by Crippen LogP contribution is -2.44. The van der Waals surface area contributed by atoms with Crippen molar-refractivity contribution in [3.05, 3.63) is 46.3 Å². The van der Waals surface area contributed by atoms with Gasteiger partial charge in [0, 0.05) is 29.1 Å². The number of hydrogen-bond acceptors (Lipinski definition) is 9.